The van der Waals surface area contributed by atoms with Crippen LogP contribution in [0.3, 0.4) is 0 Å². The highest BCUT2D eigenvalue weighted by atomic mass is 35.5. The maximum absolute atomic E-state index is 12.5. The predicted molar refractivity (Wildman–Crippen MR) is 93.5 cm³/mol. The van der Waals surface area contributed by atoms with Crippen molar-refractivity contribution in [1.29, 1.82) is 0 Å². The Balaban J connectivity index is 1.80. The molecule has 24 heavy (non-hydrogen) atoms. The van der Waals surface area contributed by atoms with Gasteiger partial charge in [0.05, 0.1) is 17.1 Å². The molecule has 0 atom stereocenters. The van der Waals surface area contributed by atoms with E-state index >= 15 is 0 Å². The van der Waals surface area contributed by atoms with Crippen LogP contribution in [0.25, 0.3) is 0 Å². The molecule has 1 aliphatic heterocycles. The van der Waals surface area contributed by atoms with Crippen LogP contribution in [0, 0.1) is 13.8 Å². The van der Waals surface area contributed by atoms with Gasteiger partial charge in [-0.25, -0.2) is 0 Å². The van der Waals surface area contributed by atoms with Gasteiger partial charge in [0.15, 0.2) is 0 Å². The number of benzene rings is 1. The van der Waals surface area contributed by atoms with Crippen LogP contribution >= 0.6 is 11.6 Å². The second-order valence-electron chi connectivity index (χ2n) is 5.80. The maximum Gasteiger partial charge on any atom is 0.316 e. The molecule has 0 fully saturated rings. The molecule has 0 radical (unpaired) electrons. The van der Waals surface area contributed by atoms with Crippen LogP contribution in [0.5, 0.6) is 0 Å². The normalized spacial score (nSPS) is 13.1. The molecule has 0 aliphatic carbocycles. The summed E-state index contributed by atoms with van der Waals surface area (Å²) in [5, 5.41) is 7.69. The zero-order chi connectivity index (χ0) is 17.4. The second kappa shape index (κ2) is 6.28. The molecule has 0 bridgehead atoms. The Hall–Kier alpha value is -2.34. The number of carbonyl (C=O) groups is 2. The molecule has 0 spiro atoms. The summed E-state index contributed by atoms with van der Waals surface area (Å²) in [5.41, 5.74) is 3.87. The summed E-state index contributed by atoms with van der Waals surface area (Å²) >= 11 is 5.98. The molecule has 6 nitrogen and oxygen atoms in total. The second-order valence-corrected chi connectivity index (χ2v) is 6.23. The monoisotopic (exact) mass is 346 g/mol. The van der Waals surface area contributed by atoms with E-state index in [1.165, 1.54) is 4.90 Å². The number of nitrogens with one attached hydrogen (secondary N) is 1. The number of hydrogen-bond donors (Lipinski definition) is 1. The Bertz CT molecular complexity index is 828. The number of amides is 2. The number of aryl methyl sites for hydroxylation is 2. The highest BCUT2D eigenvalue weighted by Gasteiger charge is 2.30. The summed E-state index contributed by atoms with van der Waals surface area (Å²) in [7, 11) is 0. The van der Waals surface area contributed by atoms with Crippen LogP contribution in [0.15, 0.2) is 18.2 Å². The van der Waals surface area contributed by atoms with Crippen LogP contribution in [0.2, 0.25) is 5.02 Å². The van der Waals surface area contributed by atoms with Gasteiger partial charge < -0.3 is 10.2 Å². The molecule has 1 N–H and O–H groups in total. The van der Waals surface area contributed by atoms with Crippen LogP contribution in [0.1, 0.15) is 23.9 Å². The van der Waals surface area contributed by atoms with E-state index in [1.54, 1.807) is 16.8 Å². The molecule has 1 aromatic heterocycles. The third-order valence-electron chi connectivity index (χ3n) is 4.30. The van der Waals surface area contributed by atoms with Crippen molar-refractivity contribution in [2.45, 2.75) is 33.7 Å². The van der Waals surface area contributed by atoms with Gasteiger partial charge >= 0.3 is 11.8 Å². The average molecular weight is 347 g/mol. The van der Waals surface area contributed by atoms with Crippen molar-refractivity contribution in [3.05, 3.63) is 40.2 Å². The van der Waals surface area contributed by atoms with E-state index in [1.807, 2.05) is 26.8 Å². The molecule has 126 valence electrons. The SMILES string of the molecule is CCn1nc(C)c(NC(=O)C(=O)N2CCc3cc(Cl)ccc32)c1C. The molecule has 2 aromatic rings. The van der Waals surface area contributed by atoms with Gasteiger partial charge in [0.2, 0.25) is 0 Å². The number of carbonyl (C=O) groups excluding carboxylic acids is 2. The van der Waals surface area contributed by atoms with Gasteiger partial charge in [-0.05, 0) is 51.0 Å². The largest absolute Gasteiger partial charge is 0.316 e. The summed E-state index contributed by atoms with van der Waals surface area (Å²) in [6.07, 6.45) is 0.695. The highest BCUT2D eigenvalue weighted by molar-refractivity contribution is 6.44. The van der Waals surface area contributed by atoms with Gasteiger partial charge in [-0.2, -0.15) is 5.10 Å². The van der Waals surface area contributed by atoms with Crippen molar-refractivity contribution in [3.8, 4) is 0 Å². The number of rotatable bonds is 2. The van der Waals surface area contributed by atoms with Gasteiger partial charge in [-0.15, -0.1) is 0 Å². The van der Waals surface area contributed by atoms with E-state index in [4.69, 9.17) is 11.6 Å². The summed E-state index contributed by atoms with van der Waals surface area (Å²) in [4.78, 5) is 26.5. The first-order valence-electron chi connectivity index (χ1n) is 7.87. The Kier molecular flexibility index (Phi) is 4.32. The minimum atomic E-state index is -0.653. The number of halogens is 1. The summed E-state index contributed by atoms with van der Waals surface area (Å²) in [6.45, 7) is 6.84. The van der Waals surface area contributed by atoms with E-state index in [0.29, 0.717) is 35.9 Å². The van der Waals surface area contributed by atoms with Gasteiger partial charge in [-0.1, -0.05) is 11.6 Å². The fourth-order valence-corrected chi connectivity index (χ4v) is 3.25. The summed E-state index contributed by atoms with van der Waals surface area (Å²) in [5.74, 6) is -1.22. The summed E-state index contributed by atoms with van der Waals surface area (Å²) in [6, 6.07) is 5.34. The Morgan fingerprint density at radius 2 is 2.08 bits per heavy atom. The first kappa shape index (κ1) is 16.5. The topological polar surface area (TPSA) is 67.2 Å². The van der Waals surface area contributed by atoms with E-state index in [9.17, 15) is 9.59 Å². The van der Waals surface area contributed by atoms with Crippen molar-refractivity contribution >= 4 is 34.8 Å². The van der Waals surface area contributed by atoms with Crippen LogP contribution in [-0.2, 0) is 22.6 Å². The van der Waals surface area contributed by atoms with E-state index < -0.39 is 11.8 Å². The fourth-order valence-electron chi connectivity index (χ4n) is 3.06. The Labute approximate surface area is 145 Å². The maximum atomic E-state index is 12.5. The van der Waals surface area contributed by atoms with Crippen molar-refractivity contribution in [2.75, 3.05) is 16.8 Å². The van der Waals surface area contributed by atoms with E-state index in [2.05, 4.69) is 10.4 Å². The minimum Gasteiger partial charge on any atom is -0.315 e. The smallest absolute Gasteiger partial charge is 0.315 e. The van der Waals surface area contributed by atoms with E-state index in [-0.39, 0.29) is 0 Å². The zero-order valence-corrected chi connectivity index (χ0v) is 14.6. The lowest BCUT2D eigenvalue weighted by atomic mass is 10.2. The minimum absolute atomic E-state index is 0.480. The van der Waals surface area contributed by atoms with Crippen molar-refractivity contribution in [2.24, 2.45) is 0 Å². The van der Waals surface area contributed by atoms with Crippen molar-refractivity contribution in [3.63, 3.8) is 0 Å². The number of aromatic nitrogens is 2. The highest BCUT2D eigenvalue weighted by Crippen LogP contribution is 2.30. The quantitative estimate of drug-likeness (QED) is 0.850. The molecule has 3 rings (SSSR count). The molecule has 1 aliphatic rings. The first-order chi connectivity index (χ1) is 11.4. The molecule has 0 saturated heterocycles. The Morgan fingerprint density at radius 1 is 1.33 bits per heavy atom. The van der Waals surface area contributed by atoms with Gasteiger partial charge in [0.1, 0.15) is 0 Å². The number of anilines is 2. The van der Waals surface area contributed by atoms with E-state index in [0.717, 1.165) is 16.9 Å². The van der Waals surface area contributed by atoms with Crippen molar-refractivity contribution in [1.82, 2.24) is 9.78 Å². The molecule has 2 heterocycles. The molecule has 0 saturated carbocycles. The lowest BCUT2D eigenvalue weighted by Crippen LogP contribution is -2.38. The molecule has 2 amide bonds. The third-order valence-corrected chi connectivity index (χ3v) is 4.53. The third kappa shape index (κ3) is 2.78. The lowest BCUT2D eigenvalue weighted by molar-refractivity contribution is -0.134. The average Bonchev–Trinajstić information content (AvgIpc) is 3.09. The molecular weight excluding hydrogens is 328 g/mol. The first-order valence-corrected chi connectivity index (χ1v) is 8.25. The van der Waals surface area contributed by atoms with Gasteiger partial charge in [-0.3, -0.25) is 14.3 Å². The standard InChI is InChI=1S/C17H19ClN4O2/c1-4-22-11(3)15(10(2)20-22)19-16(23)17(24)21-8-7-12-9-13(18)5-6-14(12)21/h5-6,9H,4,7-8H2,1-3H3,(H,19,23). The van der Waals surface area contributed by atoms with Gasteiger partial charge in [0.25, 0.3) is 0 Å². The van der Waals surface area contributed by atoms with Gasteiger partial charge in [0, 0.05) is 23.8 Å². The summed E-state index contributed by atoms with van der Waals surface area (Å²) < 4.78 is 1.79. The Morgan fingerprint density at radius 3 is 2.75 bits per heavy atom. The molecule has 7 heteroatoms. The zero-order valence-electron chi connectivity index (χ0n) is 13.9. The molecule has 1 aromatic carbocycles. The number of nitrogens with zero attached hydrogens (tertiary/aromatic N) is 3. The molecule has 0 unspecified atom stereocenters. The van der Waals surface area contributed by atoms with Crippen LogP contribution in [0.4, 0.5) is 11.4 Å². The fraction of sp³-hybridized carbons (Fsp3) is 0.353. The lowest BCUT2D eigenvalue weighted by Gasteiger charge is -2.17. The predicted octanol–water partition coefficient (Wildman–Crippen LogP) is 2.70. The van der Waals surface area contributed by atoms with Crippen molar-refractivity contribution < 1.29 is 9.59 Å². The molecular formula is C17H19ClN4O2. The van der Waals surface area contributed by atoms with Crippen LogP contribution < -0.4 is 10.2 Å². The van der Waals surface area contributed by atoms with Crippen LogP contribution in [-0.4, -0.2) is 28.1 Å². The number of hydrogen-bond acceptors (Lipinski definition) is 3. The number of fused-ring (bicyclic) bond motifs is 1.